The van der Waals surface area contributed by atoms with Gasteiger partial charge in [0.25, 0.3) is 0 Å². The summed E-state index contributed by atoms with van der Waals surface area (Å²) >= 11 is 6.07. The summed E-state index contributed by atoms with van der Waals surface area (Å²) in [4.78, 5) is 10.5. The molecule has 1 aromatic heterocycles. The number of rotatable bonds is 5. The molecule has 154 valence electrons. The van der Waals surface area contributed by atoms with Crippen LogP contribution in [-0.4, -0.2) is 28.7 Å². The molecule has 6 nitrogen and oxygen atoms in total. The summed E-state index contributed by atoms with van der Waals surface area (Å²) in [5.74, 6) is 1.49. The van der Waals surface area contributed by atoms with Crippen molar-refractivity contribution < 1.29 is 9.57 Å². The molecule has 3 aromatic rings. The number of hydrogen-bond donors (Lipinski definition) is 1. The van der Waals surface area contributed by atoms with Gasteiger partial charge in [-0.05, 0) is 62.6 Å². The number of nitrogens with zero attached hydrogens (tertiary/aromatic N) is 3. The third-order valence-electron chi connectivity index (χ3n) is 4.86. The molecule has 1 aliphatic rings. The molecule has 2 heterocycles. The number of hydrogen-bond acceptors (Lipinski definition) is 6. The standard InChI is InChI=1S/C23H23ClN4O2/c1-14-7-8-17(15(2)9-14)11-19-13-29-28-22(25-19)21-10-16(3)26-27-23(21)30-20-6-4-5-18(24)12-20/h4-10,12,19H,11,13H2,1-3H3,(H,25,28). The van der Waals surface area contributed by atoms with Crippen LogP contribution in [0.25, 0.3) is 0 Å². The monoisotopic (exact) mass is 422 g/mol. The molecule has 0 bridgehead atoms. The molecule has 0 spiro atoms. The first-order chi connectivity index (χ1) is 14.5. The number of aryl methyl sites for hydroxylation is 3. The number of benzene rings is 2. The van der Waals surface area contributed by atoms with E-state index in [-0.39, 0.29) is 6.04 Å². The van der Waals surface area contributed by atoms with Crippen LogP contribution in [0.2, 0.25) is 5.02 Å². The Morgan fingerprint density at radius 2 is 1.97 bits per heavy atom. The van der Waals surface area contributed by atoms with Crippen LogP contribution in [0.15, 0.2) is 53.5 Å². The van der Waals surface area contributed by atoms with Gasteiger partial charge >= 0.3 is 0 Å². The molecule has 7 heteroatoms. The maximum absolute atomic E-state index is 6.07. The van der Waals surface area contributed by atoms with E-state index in [1.54, 1.807) is 12.1 Å². The van der Waals surface area contributed by atoms with E-state index in [1.807, 2.05) is 25.1 Å². The van der Waals surface area contributed by atoms with Crippen molar-refractivity contribution in [1.29, 1.82) is 0 Å². The SMILES string of the molecule is Cc1ccc(CC2CONC(c3cc(C)nnc3Oc3cccc(Cl)c3)=N2)c(C)c1. The molecule has 30 heavy (non-hydrogen) atoms. The molecule has 2 aromatic carbocycles. The first-order valence-electron chi connectivity index (χ1n) is 9.78. The molecule has 1 aliphatic heterocycles. The van der Waals surface area contributed by atoms with Crippen molar-refractivity contribution in [2.75, 3.05) is 6.61 Å². The summed E-state index contributed by atoms with van der Waals surface area (Å²) in [5.41, 5.74) is 8.13. The summed E-state index contributed by atoms with van der Waals surface area (Å²) in [6, 6.07) is 15.5. The predicted molar refractivity (Wildman–Crippen MR) is 117 cm³/mol. The van der Waals surface area contributed by atoms with Crippen molar-refractivity contribution in [2.24, 2.45) is 4.99 Å². The fourth-order valence-corrected chi connectivity index (χ4v) is 3.56. The van der Waals surface area contributed by atoms with Crippen molar-refractivity contribution in [3.63, 3.8) is 0 Å². The Kier molecular flexibility index (Phi) is 5.97. The highest BCUT2D eigenvalue weighted by molar-refractivity contribution is 6.30. The molecule has 1 atom stereocenters. The van der Waals surface area contributed by atoms with E-state index in [1.165, 1.54) is 16.7 Å². The number of aliphatic imine (C=N–C) groups is 1. The molecule has 1 N–H and O–H groups in total. The lowest BCUT2D eigenvalue weighted by Gasteiger charge is -2.23. The van der Waals surface area contributed by atoms with E-state index in [2.05, 4.69) is 47.7 Å². The molecule has 0 fully saturated rings. The highest BCUT2D eigenvalue weighted by atomic mass is 35.5. The van der Waals surface area contributed by atoms with Crippen molar-refractivity contribution in [3.05, 3.63) is 81.5 Å². The molecule has 1 unspecified atom stereocenters. The molecule has 0 radical (unpaired) electrons. The van der Waals surface area contributed by atoms with Crippen LogP contribution in [0.5, 0.6) is 11.6 Å². The summed E-state index contributed by atoms with van der Waals surface area (Å²) in [6.07, 6.45) is 0.791. The zero-order valence-corrected chi connectivity index (χ0v) is 17.9. The van der Waals surface area contributed by atoms with Crippen LogP contribution < -0.4 is 10.2 Å². The van der Waals surface area contributed by atoms with Gasteiger partial charge in [0.05, 0.1) is 23.9 Å². The smallest absolute Gasteiger partial charge is 0.250 e. The number of ether oxygens (including phenoxy) is 1. The number of hydroxylamine groups is 1. The summed E-state index contributed by atoms with van der Waals surface area (Å²) in [7, 11) is 0. The Hall–Kier alpha value is -2.96. The Bertz CT molecular complexity index is 1100. The van der Waals surface area contributed by atoms with Crippen LogP contribution in [0.4, 0.5) is 0 Å². The van der Waals surface area contributed by atoms with Gasteiger partial charge in [-0.3, -0.25) is 9.83 Å². The number of aromatic nitrogens is 2. The largest absolute Gasteiger partial charge is 0.437 e. The predicted octanol–water partition coefficient (Wildman–Crippen LogP) is 4.74. The average molecular weight is 423 g/mol. The minimum Gasteiger partial charge on any atom is -0.437 e. The number of nitrogens with one attached hydrogen (secondary N) is 1. The number of halogens is 1. The zero-order valence-electron chi connectivity index (χ0n) is 17.1. The van der Waals surface area contributed by atoms with Gasteiger partial charge in [0.15, 0.2) is 5.84 Å². The van der Waals surface area contributed by atoms with Crippen LogP contribution in [0.1, 0.15) is 27.9 Å². The topological polar surface area (TPSA) is 68.6 Å². The Morgan fingerprint density at radius 3 is 2.77 bits per heavy atom. The lowest BCUT2D eigenvalue weighted by atomic mass is 9.99. The van der Waals surface area contributed by atoms with Crippen molar-refractivity contribution in [2.45, 2.75) is 33.2 Å². The minimum atomic E-state index is -0.0184. The summed E-state index contributed by atoms with van der Waals surface area (Å²) in [5, 5.41) is 8.93. The lowest BCUT2D eigenvalue weighted by Crippen LogP contribution is -2.37. The van der Waals surface area contributed by atoms with E-state index < -0.39 is 0 Å². The Labute approximate surface area is 180 Å². The molecule has 0 saturated carbocycles. The molecular formula is C23H23ClN4O2. The highest BCUT2D eigenvalue weighted by Crippen LogP contribution is 2.26. The average Bonchev–Trinajstić information content (AvgIpc) is 2.72. The van der Waals surface area contributed by atoms with Gasteiger partial charge in [0.1, 0.15) is 5.75 Å². The van der Waals surface area contributed by atoms with Crippen LogP contribution >= 0.6 is 11.6 Å². The summed E-state index contributed by atoms with van der Waals surface area (Å²) in [6.45, 7) is 6.58. The van der Waals surface area contributed by atoms with E-state index in [9.17, 15) is 0 Å². The Balaban J connectivity index is 1.62. The second-order valence-corrected chi connectivity index (χ2v) is 7.88. The number of amidine groups is 1. The normalized spacial score (nSPS) is 16.0. The van der Waals surface area contributed by atoms with Crippen LogP contribution in [0, 0.1) is 20.8 Å². The molecular weight excluding hydrogens is 400 g/mol. The molecule has 0 amide bonds. The van der Waals surface area contributed by atoms with Crippen molar-refractivity contribution in [3.8, 4) is 11.6 Å². The highest BCUT2D eigenvalue weighted by Gasteiger charge is 2.22. The van der Waals surface area contributed by atoms with E-state index in [0.29, 0.717) is 34.7 Å². The van der Waals surface area contributed by atoms with E-state index in [0.717, 1.165) is 12.1 Å². The third-order valence-corrected chi connectivity index (χ3v) is 5.09. The molecule has 0 saturated heterocycles. The van der Waals surface area contributed by atoms with Crippen molar-refractivity contribution in [1.82, 2.24) is 15.7 Å². The van der Waals surface area contributed by atoms with Gasteiger partial charge in [-0.25, -0.2) is 5.48 Å². The first-order valence-corrected chi connectivity index (χ1v) is 10.2. The fraction of sp³-hybridized carbons (Fsp3) is 0.261. The third kappa shape index (κ3) is 4.78. The second kappa shape index (κ2) is 8.81. The summed E-state index contributed by atoms with van der Waals surface area (Å²) < 4.78 is 5.95. The quantitative estimate of drug-likeness (QED) is 0.643. The maximum atomic E-state index is 6.07. The minimum absolute atomic E-state index is 0.0184. The molecule has 0 aliphatic carbocycles. The van der Waals surface area contributed by atoms with Gasteiger partial charge in [0, 0.05) is 5.02 Å². The van der Waals surface area contributed by atoms with Crippen molar-refractivity contribution >= 4 is 17.4 Å². The van der Waals surface area contributed by atoms with Gasteiger partial charge in [-0.2, -0.15) is 5.10 Å². The fourth-order valence-electron chi connectivity index (χ4n) is 3.37. The van der Waals surface area contributed by atoms with E-state index in [4.69, 9.17) is 26.2 Å². The van der Waals surface area contributed by atoms with E-state index >= 15 is 0 Å². The van der Waals surface area contributed by atoms with Gasteiger partial charge < -0.3 is 4.74 Å². The van der Waals surface area contributed by atoms with Crippen LogP contribution in [0.3, 0.4) is 0 Å². The lowest BCUT2D eigenvalue weighted by molar-refractivity contribution is 0.0623. The zero-order chi connectivity index (χ0) is 21.1. The van der Waals surface area contributed by atoms with Gasteiger partial charge in [-0.1, -0.05) is 41.4 Å². The first kappa shape index (κ1) is 20.3. The Morgan fingerprint density at radius 1 is 1.10 bits per heavy atom. The maximum Gasteiger partial charge on any atom is 0.250 e. The van der Waals surface area contributed by atoms with Gasteiger partial charge in [-0.15, -0.1) is 5.10 Å². The van der Waals surface area contributed by atoms with Crippen LogP contribution in [-0.2, 0) is 11.3 Å². The second-order valence-electron chi connectivity index (χ2n) is 7.44. The van der Waals surface area contributed by atoms with Gasteiger partial charge in [0.2, 0.25) is 5.88 Å². The molecule has 4 rings (SSSR count).